The number of fused-ring (bicyclic) bond motifs is 1. The molecule has 3 aromatic heterocycles. The highest BCUT2D eigenvalue weighted by molar-refractivity contribution is 7.89. The second-order valence-corrected chi connectivity index (χ2v) is 12.3. The van der Waals surface area contributed by atoms with Gasteiger partial charge in [-0.05, 0) is 43.7 Å². The van der Waals surface area contributed by atoms with E-state index in [1.807, 2.05) is 30.7 Å². The number of sulfonamides is 1. The van der Waals surface area contributed by atoms with E-state index < -0.39 is 22.0 Å². The quantitative estimate of drug-likeness (QED) is 0.296. The minimum Gasteiger partial charge on any atom is -0.377 e. The fraction of sp³-hybridized carbons (Fsp3) is 0.333. The number of amides is 1. The third kappa shape index (κ3) is 6.14. The predicted molar refractivity (Wildman–Crippen MR) is 162 cm³/mol. The zero-order valence-corrected chi connectivity index (χ0v) is 25.1. The predicted octanol–water partition coefficient (Wildman–Crippen LogP) is 2.27. The van der Waals surface area contributed by atoms with Crippen LogP contribution in [-0.4, -0.2) is 71.3 Å². The standard InChI is InChI=1S/C27H30ClN9O4S/c1-16-14-18(17(2)31-20-6-7-21(28)32-23(20)24(38)34-42(4,40)41)22-19(15-16)25(39)35(3)27(33-22)37-12-10-36(11-13-37)26-29-8-5-9-30-26/h5-9,14-15,17,31H,10-13H2,1-4H3,(H,34,38)/t17-/m1/s1. The second kappa shape index (κ2) is 11.5. The van der Waals surface area contributed by atoms with Crippen LogP contribution in [0.15, 0.2) is 47.5 Å². The van der Waals surface area contributed by atoms with Crippen molar-refractivity contribution in [2.45, 2.75) is 19.9 Å². The Bertz CT molecular complexity index is 1830. The van der Waals surface area contributed by atoms with Crippen molar-refractivity contribution in [2.24, 2.45) is 7.05 Å². The van der Waals surface area contributed by atoms with Crippen molar-refractivity contribution in [1.82, 2.24) is 29.2 Å². The molecule has 1 aliphatic rings. The van der Waals surface area contributed by atoms with Gasteiger partial charge >= 0.3 is 0 Å². The van der Waals surface area contributed by atoms with E-state index in [4.69, 9.17) is 16.6 Å². The highest BCUT2D eigenvalue weighted by atomic mass is 35.5. The molecule has 1 aromatic carbocycles. The summed E-state index contributed by atoms with van der Waals surface area (Å²) in [5, 5.41) is 3.73. The van der Waals surface area contributed by atoms with Gasteiger partial charge in [0.25, 0.3) is 11.5 Å². The van der Waals surface area contributed by atoms with Crippen molar-refractivity contribution >= 4 is 56.0 Å². The lowest BCUT2D eigenvalue weighted by Crippen LogP contribution is -2.48. The summed E-state index contributed by atoms with van der Waals surface area (Å²) in [7, 11) is -2.12. The molecule has 1 saturated heterocycles. The number of benzene rings is 1. The Morgan fingerprint density at radius 1 is 1.05 bits per heavy atom. The lowest BCUT2D eigenvalue weighted by molar-refractivity contribution is 0.0977. The van der Waals surface area contributed by atoms with E-state index in [9.17, 15) is 18.0 Å². The lowest BCUT2D eigenvalue weighted by atomic mass is 10.0. The van der Waals surface area contributed by atoms with E-state index in [0.717, 1.165) is 17.4 Å². The van der Waals surface area contributed by atoms with Crippen LogP contribution >= 0.6 is 11.6 Å². The molecule has 13 nitrogen and oxygen atoms in total. The maximum Gasteiger partial charge on any atom is 0.285 e. The monoisotopic (exact) mass is 611 g/mol. The van der Waals surface area contributed by atoms with Gasteiger partial charge in [-0.25, -0.2) is 33.1 Å². The van der Waals surface area contributed by atoms with Crippen LogP contribution in [0.3, 0.4) is 0 Å². The summed E-state index contributed by atoms with van der Waals surface area (Å²) in [5.74, 6) is 0.286. The first-order chi connectivity index (χ1) is 19.9. The molecule has 0 saturated carbocycles. The number of nitrogens with zero attached hydrogens (tertiary/aromatic N) is 7. The number of anilines is 3. The number of aryl methyl sites for hydroxylation is 1. The average molecular weight is 612 g/mol. The summed E-state index contributed by atoms with van der Waals surface area (Å²) in [4.78, 5) is 48.2. The zero-order valence-electron chi connectivity index (χ0n) is 23.5. The van der Waals surface area contributed by atoms with Crippen LogP contribution in [0.25, 0.3) is 10.9 Å². The Morgan fingerprint density at radius 3 is 2.38 bits per heavy atom. The van der Waals surface area contributed by atoms with Gasteiger partial charge in [0.05, 0.1) is 28.9 Å². The Balaban J connectivity index is 1.49. The maximum absolute atomic E-state index is 13.6. The average Bonchev–Trinajstić information content (AvgIpc) is 2.95. The fourth-order valence-electron chi connectivity index (χ4n) is 4.97. The summed E-state index contributed by atoms with van der Waals surface area (Å²) in [5.41, 5.74) is 2.02. The second-order valence-electron chi connectivity index (χ2n) is 10.1. The van der Waals surface area contributed by atoms with Gasteiger partial charge in [0.1, 0.15) is 5.15 Å². The van der Waals surface area contributed by atoms with Gasteiger partial charge in [-0.3, -0.25) is 14.2 Å². The molecule has 1 aliphatic heterocycles. The van der Waals surface area contributed by atoms with Gasteiger partial charge in [0, 0.05) is 51.2 Å². The Kier molecular flexibility index (Phi) is 8.01. The first kappa shape index (κ1) is 29.2. The number of hydrogen-bond donors (Lipinski definition) is 2. The van der Waals surface area contributed by atoms with Crippen molar-refractivity contribution in [3.8, 4) is 0 Å². The van der Waals surface area contributed by atoms with Crippen molar-refractivity contribution in [1.29, 1.82) is 0 Å². The summed E-state index contributed by atoms with van der Waals surface area (Å²) in [6, 6.07) is 8.10. The number of carbonyl (C=O) groups is 1. The number of piperazine rings is 1. The first-order valence-electron chi connectivity index (χ1n) is 13.1. The first-order valence-corrected chi connectivity index (χ1v) is 15.4. The molecule has 1 atom stereocenters. The number of hydrogen-bond acceptors (Lipinski definition) is 11. The van der Waals surface area contributed by atoms with Crippen molar-refractivity contribution in [3.05, 3.63) is 75.1 Å². The summed E-state index contributed by atoms with van der Waals surface area (Å²) >= 11 is 6.02. The van der Waals surface area contributed by atoms with Gasteiger partial charge in [0.15, 0.2) is 5.69 Å². The maximum atomic E-state index is 13.6. The molecule has 220 valence electrons. The topological polar surface area (TPSA) is 155 Å². The molecule has 1 amide bonds. The minimum absolute atomic E-state index is 0.0292. The number of aromatic nitrogens is 5. The number of pyridine rings is 1. The fourth-order valence-corrected chi connectivity index (χ4v) is 5.55. The largest absolute Gasteiger partial charge is 0.377 e. The highest BCUT2D eigenvalue weighted by Gasteiger charge is 2.25. The molecule has 0 spiro atoms. The molecular formula is C27H30ClN9O4S. The van der Waals surface area contributed by atoms with E-state index in [1.54, 1.807) is 36.1 Å². The molecule has 0 bridgehead atoms. The number of carbonyl (C=O) groups excluding carboxylic acids is 1. The summed E-state index contributed by atoms with van der Waals surface area (Å²) in [6.07, 6.45) is 4.30. The van der Waals surface area contributed by atoms with Crippen LogP contribution in [0.1, 0.15) is 34.6 Å². The summed E-state index contributed by atoms with van der Waals surface area (Å²) < 4.78 is 26.9. The lowest BCUT2D eigenvalue weighted by Gasteiger charge is -2.36. The molecule has 4 heterocycles. The van der Waals surface area contributed by atoms with E-state index in [0.29, 0.717) is 49.0 Å². The van der Waals surface area contributed by atoms with Crippen LogP contribution in [0.5, 0.6) is 0 Å². The molecule has 0 radical (unpaired) electrons. The Hall–Kier alpha value is -4.30. The van der Waals surface area contributed by atoms with E-state index in [1.165, 1.54) is 6.07 Å². The number of nitrogens with one attached hydrogen (secondary N) is 2. The van der Waals surface area contributed by atoms with Crippen LogP contribution in [0.4, 0.5) is 17.6 Å². The molecule has 0 unspecified atom stereocenters. The van der Waals surface area contributed by atoms with Crippen LogP contribution < -0.4 is 25.4 Å². The van der Waals surface area contributed by atoms with Gasteiger partial charge in [-0.1, -0.05) is 17.7 Å². The van der Waals surface area contributed by atoms with Gasteiger partial charge in [-0.2, -0.15) is 0 Å². The SMILES string of the molecule is Cc1cc([C@@H](C)Nc2ccc(Cl)nc2C(=O)NS(C)(=O)=O)c2nc(N3CCN(c4ncccn4)CC3)n(C)c(=O)c2c1. The molecule has 2 N–H and O–H groups in total. The van der Waals surface area contributed by atoms with Crippen LogP contribution in [0.2, 0.25) is 5.15 Å². The number of halogens is 1. The molecule has 1 fully saturated rings. The van der Waals surface area contributed by atoms with Crippen molar-refractivity contribution in [2.75, 3.05) is 47.6 Å². The van der Waals surface area contributed by atoms with Crippen LogP contribution in [0, 0.1) is 6.92 Å². The summed E-state index contributed by atoms with van der Waals surface area (Å²) in [6.45, 7) is 6.32. The van der Waals surface area contributed by atoms with Gasteiger partial charge in [0.2, 0.25) is 21.9 Å². The van der Waals surface area contributed by atoms with E-state index >= 15 is 0 Å². The van der Waals surface area contributed by atoms with E-state index in [-0.39, 0.29) is 22.1 Å². The molecule has 15 heteroatoms. The van der Waals surface area contributed by atoms with Gasteiger partial charge < -0.3 is 15.1 Å². The Morgan fingerprint density at radius 2 is 1.71 bits per heavy atom. The molecule has 0 aliphatic carbocycles. The molecular weight excluding hydrogens is 582 g/mol. The zero-order chi connectivity index (χ0) is 30.2. The number of rotatable bonds is 7. The third-order valence-corrected chi connectivity index (χ3v) is 7.69. The molecule has 42 heavy (non-hydrogen) atoms. The molecule has 4 aromatic rings. The van der Waals surface area contributed by atoms with E-state index in [2.05, 4.69) is 30.1 Å². The smallest absolute Gasteiger partial charge is 0.285 e. The van der Waals surface area contributed by atoms with Gasteiger partial charge in [-0.15, -0.1) is 0 Å². The normalized spacial score (nSPS) is 14.6. The minimum atomic E-state index is -3.83. The van der Waals surface area contributed by atoms with Crippen LogP contribution in [-0.2, 0) is 17.1 Å². The van der Waals surface area contributed by atoms with Crippen molar-refractivity contribution in [3.63, 3.8) is 0 Å². The molecule has 5 rings (SSSR count). The Labute approximate surface area is 247 Å². The van der Waals surface area contributed by atoms with Crippen molar-refractivity contribution < 1.29 is 13.2 Å². The third-order valence-electron chi connectivity index (χ3n) is 6.92. The highest BCUT2D eigenvalue weighted by Crippen LogP contribution is 2.29.